The van der Waals surface area contributed by atoms with E-state index in [2.05, 4.69) is 35.4 Å². The van der Waals surface area contributed by atoms with E-state index in [0.29, 0.717) is 0 Å². The molecule has 0 spiro atoms. The van der Waals surface area contributed by atoms with Crippen molar-refractivity contribution in [1.82, 2.24) is 24.9 Å². The molecule has 0 amide bonds. The normalized spacial score (nSPS) is 11.2. The number of hydrogen-bond donors (Lipinski definition) is 1. The number of nitrogens with one attached hydrogen (secondary N) is 1. The summed E-state index contributed by atoms with van der Waals surface area (Å²) in [5.41, 5.74) is 4.72. The van der Waals surface area contributed by atoms with Crippen LogP contribution in [0.2, 0.25) is 0 Å². The largest absolute Gasteiger partial charge is 0.313 e. The van der Waals surface area contributed by atoms with Crippen LogP contribution >= 0.6 is 0 Å². The molecule has 2 heterocycles. The van der Waals surface area contributed by atoms with Gasteiger partial charge in [-0.05, 0) is 32.9 Å². The van der Waals surface area contributed by atoms with Crippen molar-refractivity contribution in [1.29, 1.82) is 0 Å². The van der Waals surface area contributed by atoms with Crippen LogP contribution in [0, 0.1) is 13.8 Å². The number of aromatic nitrogens is 4. The van der Waals surface area contributed by atoms with Gasteiger partial charge in [-0.25, -0.2) is 0 Å². The van der Waals surface area contributed by atoms with Crippen LogP contribution in [-0.2, 0) is 20.1 Å². The first kappa shape index (κ1) is 13.8. The second kappa shape index (κ2) is 6.02. The highest BCUT2D eigenvalue weighted by Crippen LogP contribution is 2.10. The van der Waals surface area contributed by atoms with Crippen LogP contribution in [0.5, 0.6) is 0 Å². The summed E-state index contributed by atoms with van der Waals surface area (Å²) in [6, 6.07) is 2.11. The Morgan fingerprint density at radius 2 is 2.11 bits per heavy atom. The van der Waals surface area contributed by atoms with Crippen molar-refractivity contribution < 1.29 is 0 Å². The average Bonchev–Trinajstić information content (AvgIpc) is 2.86. The van der Waals surface area contributed by atoms with Crippen LogP contribution in [0.25, 0.3) is 0 Å². The van der Waals surface area contributed by atoms with E-state index in [4.69, 9.17) is 0 Å². The van der Waals surface area contributed by atoms with Gasteiger partial charge in [0.15, 0.2) is 0 Å². The predicted octanol–water partition coefficient (Wildman–Crippen LogP) is 1.78. The quantitative estimate of drug-likeness (QED) is 0.806. The van der Waals surface area contributed by atoms with E-state index in [0.717, 1.165) is 31.7 Å². The zero-order valence-electron chi connectivity index (χ0n) is 12.3. The summed E-state index contributed by atoms with van der Waals surface area (Å²) < 4.78 is 3.96. The summed E-state index contributed by atoms with van der Waals surface area (Å²) >= 11 is 0. The monoisotopic (exact) mass is 261 g/mol. The van der Waals surface area contributed by atoms with E-state index in [9.17, 15) is 0 Å². The summed E-state index contributed by atoms with van der Waals surface area (Å²) in [7, 11) is 1.98. The molecule has 0 fully saturated rings. The lowest BCUT2D eigenvalue weighted by Gasteiger charge is -2.06. The fourth-order valence-corrected chi connectivity index (χ4v) is 2.18. The summed E-state index contributed by atoms with van der Waals surface area (Å²) in [6.45, 7) is 9.03. The number of nitrogens with zero attached hydrogens (tertiary/aromatic N) is 4. The fraction of sp³-hybridized carbons (Fsp3) is 0.571. The maximum Gasteiger partial charge on any atom is 0.0831 e. The van der Waals surface area contributed by atoms with Crippen molar-refractivity contribution in [3.63, 3.8) is 0 Å². The summed E-state index contributed by atoms with van der Waals surface area (Å²) in [5.74, 6) is 0. The summed E-state index contributed by atoms with van der Waals surface area (Å²) in [6.07, 6.45) is 3.11. The molecule has 0 aliphatic carbocycles. The molecule has 2 rings (SSSR count). The van der Waals surface area contributed by atoms with Crippen LogP contribution < -0.4 is 5.32 Å². The average molecular weight is 261 g/mol. The third-order valence-electron chi connectivity index (χ3n) is 3.36. The van der Waals surface area contributed by atoms with Crippen molar-refractivity contribution in [2.45, 2.75) is 40.3 Å². The topological polar surface area (TPSA) is 47.7 Å². The second-order valence-electron chi connectivity index (χ2n) is 4.99. The van der Waals surface area contributed by atoms with E-state index in [1.807, 2.05) is 29.5 Å². The molecule has 19 heavy (non-hydrogen) atoms. The van der Waals surface area contributed by atoms with E-state index in [-0.39, 0.29) is 0 Å². The molecular formula is C14H23N5. The molecule has 0 radical (unpaired) electrons. The van der Waals surface area contributed by atoms with Gasteiger partial charge in [-0.15, -0.1) is 0 Å². The van der Waals surface area contributed by atoms with Gasteiger partial charge in [-0.2, -0.15) is 10.2 Å². The molecule has 104 valence electrons. The van der Waals surface area contributed by atoms with E-state index >= 15 is 0 Å². The molecule has 0 aromatic carbocycles. The highest BCUT2D eigenvalue weighted by atomic mass is 15.3. The highest BCUT2D eigenvalue weighted by molar-refractivity contribution is 5.18. The standard InChI is InChI=1S/C14H23N5/c1-5-6-15-8-13-9-16-19(12(13)3)10-14-7-11(2)17-18(14)4/h7,9,15H,5-6,8,10H2,1-4H3. The van der Waals surface area contributed by atoms with Crippen molar-refractivity contribution in [3.05, 3.63) is 34.9 Å². The van der Waals surface area contributed by atoms with Gasteiger partial charge < -0.3 is 5.32 Å². The van der Waals surface area contributed by atoms with E-state index in [1.165, 1.54) is 17.0 Å². The molecule has 0 bridgehead atoms. The molecule has 2 aromatic heterocycles. The Hall–Kier alpha value is -1.62. The lowest BCUT2D eigenvalue weighted by molar-refractivity contribution is 0.604. The molecule has 0 atom stereocenters. The van der Waals surface area contributed by atoms with Gasteiger partial charge in [-0.1, -0.05) is 6.92 Å². The van der Waals surface area contributed by atoms with Crippen LogP contribution in [0.4, 0.5) is 0 Å². The summed E-state index contributed by atoms with van der Waals surface area (Å²) in [4.78, 5) is 0. The van der Waals surface area contributed by atoms with E-state index in [1.54, 1.807) is 0 Å². The lowest BCUT2D eigenvalue weighted by Crippen LogP contribution is -2.14. The molecule has 1 N–H and O–H groups in total. The third-order valence-corrected chi connectivity index (χ3v) is 3.36. The molecule has 0 aliphatic heterocycles. The van der Waals surface area contributed by atoms with Crippen LogP contribution in [-0.4, -0.2) is 26.1 Å². The van der Waals surface area contributed by atoms with E-state index < -0.39 is 0 Å². The molecule has 0 saturated heterocycles. The number of aryl methyl sites for hydroxylation is 2. The Kier molecular flexibility index (Phi) is 4.37. The molecular weight excluding hydrogens is 238 g/mol. The molecule has 0 saturated carbocycles. The number of hydrogen-bond acceptors (Lipinski definition) is 3. The van der Waals surface area contributed by atoms with Crippen molar-refractivity contribution in [2.75, 3.05) is 6.54 Å². The summed E-state index contributed by atoms with van der Waals surface area (Å²) in [5, 5.41) is 12.3. The zero-order chi connectivity index (χ0) is 13.8. The third kappa shape index (κ3) is 3.23. The Morgan fingerprint density at radius 1 is 1.32 bits per heavy atom. The first-order valence-corrected chi connectivity index (χ1v) is 6.83. The number of rotatable bonds is 6. The first-order valence-electron chi connectivity index (χ1n) is 6.83. The fourth-order valence-electron chi connectivity index (χ4n) is 2.18. The lowest BCUT2D eigenvalue weighted by atomic mass is 10.2. The van der Waals surface area contributed by atoms with Gasteiger partial charge >= 0.3 is 0 Å². The van der Waals surface area contributed by atoms with Gasteiger partial charge in [0.25, 0.3) is 0 Å². The molecule has 5 nitrogen and oxygen atoms in total. The SMILES string of the molecule is CCCNCc1cnn(Cc2cc(C)nn2C)c1C. The van der Waals surface area contributed by atoms with Gasteiger partial charge in [-0.3, -0.25) is 9.36 Å². The minimum Gasteiger partial charge on any atom is -0.313 e. The van der Waals surface area contributed by atoms with Gasteiger partial charge in [0.2, 0.25) is 0 Å². The zero-order valence-corrected chi connectivity index (χ0v) is 12.3. The van der Waals surface area contributed by atoms with Crippen LogP contribution in [0.15, 0.2) is 12.3 Å². The second-order valence-corrected chi connectivity index (χ2v) is 4.99. The first-order chi connectivity index (χ1) is 9.11. The van der Waals surface area contributed by atoms with Crippen molar-refractivity contribution >= 4 is 0 Å². The molecule has 5 heteroatoms. The highest BCUT2D eigenvalue weighted by Gasteiger charge is 2.09. The van der Waals surface area contributed by atoms with Gasteiger partial charge in [0, 0.05) is 24.8 Å². The maximum absolute atomic E-state index is 4.48. The Labute approximate surface area is 114 Å². The van der Waals surface area contributed by atoms with Gasteiger partial charge in [0.05, 0.1) is 24.1 Å². The Bertz CT molecular complexity index is 538. The molecule has 0 aliphatic rings. The van der Waals surface area contributed by atoms with Crippen molar-refractivity contribution in [2.24, 2.45) is 7.05 Å². The minimum atomic E-state index is 0.775. The minimum absolute atomic E-state index is 0.775. The smallest absolute Gasteiger partial charge is 0.0831 e. The molecule has 2 aromatic rings. The molecule has 0 unspecified atom stereocenters. The van der Waals surface area contributed by atoms with Crippen LogP contribution in [0.3, 0.4) is 0 Å². The maximum atomic E-state index is 4.48. The Balaban J connectivity index is 2.07. The predicted molar refractivity (Wildman–Crippen MR) is 76.0 cm³/mol. The van der Waals surface area contributed by atoms with Crippen LogP contribution in [0.1, 0.15) is 36.0 Å². The van der Waals surface area contributed by atoms with Gasteiger partial charge in [0.1, 0.15) is 0 Å². The Morgan fingerprint density at radius 3 is 2.74 bits per heavy atom. The van der Waals surface area contributed by atoms with Crippen molar-refractivity contribution in [3.8, 4) is 0 Å².